The zero-order valence-electron chi connectivity index (χ0n) is 21.9. The summed E-state index contributed by atoms with van der Waals surface area (Å²) in [5, 5.41) is 2.94. The zero-order chi connectivity index (χ0) is 27.0. The molecule has 0 aliphatic rings. The van der Waals surface area contributed by atoms with Gasteiger partial charge in [0.05, 0.1) is 5.69 Å². The second-order valence-electron chi connectivity index (χ2n) is 9.03. The van der Waals surface area contributed by atoms with Gasteiger partial charge in [-0.3, -0.25) is 9.59 Å². The molecule has 2 atom stereocenters. The maximum Gasteiger partial charge on any atom is 0.304 e. The van der Waals surface area contributed by atoms with E-state index in [1.54, 1.807) is 0 Å². The van der Waals surface area contributed by atoms with Crippen molar-refractivity contribution in [3.8, 4) is 0 Å². The highest BCUT2D eigenvalue weighted by atomic mass is 32.2. The minimum Gasteiger partial charge on any atom is -0.352 e. The summed E-state index contributed by atoms with van der Waals surface area (Å²) in [5.74, 6) is -1.37. The van der Waals surface area contributed by atoms with Gasteiger partial charge >= 0.3 is 10.2 Å². The van der Waals surface area contributed by atoms with Crippen LogP contribution in [-0.4, -0.2) is 62.2 Å². The van der Waals surface area contributed by atoms with Crippen molar-refractivity contribution in [2.75, 3.05) is 24.9 Å². The number of rotatable bonds is 12. The van der Waals surface area contributed by atoms with Crippen LogP contribution in [0.3, 0.4) is 0 Å². The molecule has 10 heteroatoms. The number of anilines is 1. The van der Waals surface area contributed by atoms with Crippen LogP contribution < -0.4 is 9.62 Å². The smallest absolute Gasteiger partial charge is 0.304 e. The van der Waals surface area contributed by atoms with Crippen LogP contribution in [0, 0.1) is 12.7 Å². The molecule has 0 saturated carbocycles. The topological polar surface area (TPSA) is 90.0 Å². The number of benzene rings is 2. The van der Waals surface area contributed by atoms with Gasteiger partial charge in [0.1, 0.15) is 18.4 Å². The second-order valence-corrected chi connectivity index (χ2v) is 11.1. The fourth-order valence-electron chi connectivity index (χ4n) is 3.69. The Morgan fingerprint density at radius 1 is 1.03 bits per heavy atom. The number of hydrogen-bond donors (Lipinski definition) is 1. The second kappa shape index (κ2) is 12.8. The molecule has 0 radical (unpaired) electrons. The van der Waals surface area contributed by atoms with Gasteiger partial charge in [-0.05, 0) is 56.5 Å². The lowest BCUT2D eigenvalue weighted by molar-refractivity contribution is -0.140. The molecule has 0 aliphatic carbocycles. The molecule has 198 valence electrons. The molecule has 0 unspecified atom stereocenters. The van der Waals surface area contributed by atoms with E-state index >= 15 is 0 Å². The maximum absolute atomic E-state index is 13.8. The average molecular weight is 521 g/mol. The van der Waals surface area contributed by atoms with Crippen molar-refractivity contribution in [3.63, 3.8) is 0 Å². The largest absolute Gasteiger partial charge is 0.352 e. The van der Waals surface area contributed by atoms with Crippen molar-refractivity contribution in [1.82, 2.24) is 14.5 Å². The van der Waals surface area contributed by atoms with Crippen molar-refractivity contribution in [2.45, 2.75) is 59.2 Å². The first-order valence-electron chi connectivity index (χ1n) is 12.0. The lowest BCUT2D eigenvalue weighted by Crippen LogP contribution is -2.54. The molecule has 0 bridgehead atoms. The minimum absolute atomic E-state index is 0.0766. The van der Waals surface area contributed by atoms with Gasteiger partial charge in [-0.1, -0.05) is 43.7 Å². The van der Waals surface area contributed by atoms with Crippen LogP contribution in [0.15, 0.2) is 48.5 Å². The SMILES string of the molecule is CC[C@@H](C)NC(=O)[C@@H](CC)N(Cc1cccc(C)c1)C(=O)CN(c1ccc(F)cc1)S(=O)(=O)N(C)C. The van der Waals surface area contributed by atoms with E-state index in [1.807, 2.05) is 52.0 Å². The Kier molecular flexibility index (Phi) is 10.4. The van der Waals surface area contributed by atoms with Crippen LogP contribution in [0.1, 0.15) is 44.7 Å². The van der Waals surface area contributed by atoms with Gasteiger partial charge in [-0.2, -0.15) is 12.7 Å². The standard InChI is InChI=1S/C26H37FN4O4S/c1-7-20(4)28-26(33)24(8-2)30(17-21-11-9-10-19(3)16-21)25(32)18-31(36(34,35)29(5)6)23-14-12-22(27)13-15-23/h9-16,20,24H,7-8,17-18H2,1-6H3,(H,28,33)/t20-,24-/m1/s1. The molecule has 0 aliphatic heterocycles. The molecule has 2 rings (SSSR count). The van der Waals surface area contributed by atoms with Crippen LogP contribution in [0.4, 0.5) is 10.1 Å². The van der Waals surface area contributed by atoms with Gasteiger partial charge in [0.25, 0.3) is 0 Å². The van der Waals surface area contributed by atoms with Crippen LogP contribution in [-0.2, 0) is 26.3 Å². The zero-order valence-corrected chi connectivity index (χ0v) is 22.7. The van der Waals surface area contributed by atoms with Crippen LogP contribution in [0.5, 0.6) is 0 Å². The van der Waals surface area contributed by atoms with Gasteiger partial charge in [0.15, 0.2) is 0 Å². The van der Waals surface area contributed by atoms with Crippen molar-refractivity contribution < 1.29 is 22.4 Å². The molecule has 2 aromatic carbocycles. The Hall–Kier alpha value is -2.98. The summed E-state index contributed by atoms with van der Waals surface area (Å²) in [6, 6.07) is 11.6. The number of amides is 2. The Bertz CT molecular complexity index is 1140. The molecular weight excluding hydrogens is 483 g/mol. The minimum atomic E-state index is -4.09. The molecule has 8 nitrogen and oxygen atoms in total. The van der Waals surface area contributed by atoms with Gasteiger partial charge in [-0.25, -0.2) is 8.70 Å². The average Bonchev–Trinajstić information content (AvgIpc) is 2.82. The third-order valence-electron chi connectivity index (χ3n) is 5.96. The number of nitrogens with one attached hydrogen (secondary N) is 1. The lowest BCUT2D eigenvalue weighted by atomic mass is 10.1. The van der Waals surface area contributed by atoms with Crippen LogP contribution in [0.25, 0.3) is 0 Å². The predicted molar refractivity (Wildman–Crippen MR) is 140 cm³/mol. The number of hydrogen-bond acceptors (Lipinski definition) is 4. The van der Waals surface area contributed by atoms with E-state index in [1.165, 1.54) is 31.1 Å². The molecular formula is C26H37FN4O4S. The molecule has 0 fully saturated rings. The van der Waals surface area contributed by atoms with Crippen LogP contribution in [0.2, 0.25) is 0 Å². The van der Waals surface area contributed by atoms with E-state index in [-0.39, 0.29) is 24.2 Å². The monoisotopic (exact) mass is 520 g/mol. The van der Waals surface area contributed by atoms with E-state index in [2.05, 4.69) is 5.32 Å². The van der Waals surface area contributed by atoms with E-state index < -0.39 is 34.5 Å². The Balaban J connectivity index is 2.50. The third kappa shape index (κ3) is 7.51. The third-order valence-corrected chi connectivity index (χ3v) is 7.78. The van der Waals surface area contributed by atoms with Gasteiger partial charge in [0.2, 0.25) is 11.8 Å². The highest BCUT2D eigenvalue weighted by Crippen LogP contribution is 2.22. The maximum atomic E-state index is 13.8. The van der Waals surface area contributed by atoms with E-state index in [4.69, 9.17) is 0 Å². The van der Waals surface area contributed by atoms with E-state index in [0.717, 1.165) is 38.3 Å². The van der Waals surface area contributed by atoms with Gasteiger partial charge in [-0.15, -0.1) is 0 Å². The molecule has 0 aromatic heterocycles. The van der Waals surface area contributed by atoms with Gasteiger partial charge < -0.3 is 10.2 Å². The number of halogens is 1. The molecule has 0 spiro atoms. The van der Waals surface area contributed by atoms with Crippen molar-refractivity contribution in [3.05, 3.63) is 65.5 Å². The first-order valence-corrected chi connectivity index (χ1v) is 13.4. The molecule has 1 N–H and O–H groups in total. The van der Waals surface area contributed by atoms with Crippen molar-refractivity contribution in [1.29, 1.82) is 0 Å². The van der Waals surface area contributed by atoms with Crippen LogP contribution >= 0.6 is 0 Å². The van der Waals surface area contributed by atoms with Gasteiger partial charge in [0, 0.05) is 26.7 Å². The lowest BCUT2D eigenvalue weighted by Gasteiger charge is -2.34. The van der Waals surface area contributed by atoms with E-state index in [9.17, 15) is 22.4 Å². The molecule has 2 amide bonds. The number of carbonyl (C=O) groups is 2. The highest BCUT2D eigenvalue weighted by molar-refractivity contribution is 7.90. The summed E-state index contributed by atoms with van der Waals surface area (Å²) in [6.07, 6.45) is 1.07. The summed E-state index contributed by atoms with van der Waals surface area (Å²) < 4.78 is 41.7. The summed E-state index contributed by atoms with van der Waals surface area (Å²) in [5.41, 5.74) is 1.97. The number of aryl methyl sites for hydroxylation is 1. The van der Waals surface area contributed by atoms with Crippen molar-refractivity contribution in [2.24, 2.45) is 0 Å². The molecule has 0 heterocycles. The normalized spacial score (nSPS) is 13.2. The first kappa shape index (κ1) is 29.3. The number of nitrogens with zero attached hydrogens (tertiary/aromatic N) is 3. The summed E-state index contributed by atoms with van der Waals surface area (Å²) in [6.45, 7) is 7.16. The number of carbonyl (C=O) groups excluding carboxylic acids is 2. The van der Waals surface area contributed by atoms with Crippen molar-refractivity contribution >= 4 is 27.7 Å². The summed E-state index contributed by atoms with van der Waals surface area (Å²) in [4.78, 5) is 28.3. The Labute approximate surface area is 214 Å². The fraction of sp³-hybridized carbons (Fsp3) is 0.462. The van der Waals surface area contributed by atoms with E-state index in [0.29, 0.717) is 6.42 Å². The molecule has 36 heavy (non-hydrogen) atoms. The highest BCUT2D eigenvalue weighted by Gasteiger charge is 2.34. The summed E-state index contributed by atoms with van der Waals surface area (Å²) in [7, 11) is -1.38. The fourth-order valence-corrected chi connectivity index (χ4v) is 4.75. The quantitative estimate of drug-likeness (QED) is 0.464. The predicted octanol–water partition coefficient (Wildman–Crippen LogP) is 3.47. The summed E-state index contributed by atoms with van der Waals surface area (Å²) >= 11 is 0. The Morgan fingerprint density at radius 2 is 1.67 bits per heavy atom. The first-order chi connectivity index (χ1) is 16.9. The molecule has 0 saturated heterocycles. The molecule has 2 aromatic rings. The Morgan fingerprint density at radius 3 is 2.19 bits per heavy atom.